The molecule has 8 heteroatoms. The molecule has 1 fully saturated rings. The Labute approximate surface area is 165 Å². The average Bonchev–Trinajstić information content (AvgIpc) is 3.07. The normalized spacial score (nSPS) is 15.6. The van der Waals surface area contributed by atoms with Crippen LogP contribution in [0.4, 0.5) is 5.69 Å². The molecule has 0 bridgehead atoms. The van der Waals surface area contributed by atoms with Crippen molar-refractivity contribution in [2.45, 2.75) is 52.1 Å². The Morgan fingerprint density at radius 3 is 2.56 bits per heavy atom. The minimum atomic E-state index is -0.0336. The number of halogens is 1. The molecule has 1 aliphatic carbocycles. The molecule has 3 rings (SSSR count). The molecule has 1 aliphatic rings. The molecule has 1 saturated carbocycles. The van der Waals surface area contributed by atoms with E-state index in [0.717, 1.165) is 31.4 Å². The van der Waals surface area contributed by atoms with Gasteiger partial charge in [-0.05, 0) is 49.1 Å². The van der Waals surface area contributed by atoms with Crippen LogP contribution in [0.15, 0.2) is 28.8 Å². The fraction of sp³-hybridized carbons (Fsp3) is 0.526. The summed E-state index contributed by atoms with van der Waals surface area (Å²) >= 11 is 0. The minimum Gasteiger partial charge on any atom is -0.485 e. The fourth-order valence-electron chi connectivity index (χ4n) is 3.48. The zero-order valence-corrected chi connectivity index (χ0v) is 16.4. The maximum Gasteiger partial charge on any atom is 0.224 e. The largest absolute Gasteiger partial charge is 0.485 e. The van der Waals surface area contributed by atoms with Crippen LogP contribution in [0.5, 0.6) is 5.75 Å². The Morgan fingerprint density at radius 2 is 1.96 bits per heavy atom. The van der Waals surface area contributed by atoms with Gasteiger partial charge in [0.25, 0.3) is 0 Å². The SMILES string of the molecule is Cc1nc(COc2ccc(NC(=O)CC3(CN)CCCCC3)cc2)no1.Cl. The summed E-state index contributed by atoms with van der Waals surface area (Å²) in [6.45, 7) is 2.54. The first-order chi connectivity index (χ1) is 12.6. The van der Waals surface area contributed by atoms with Gasteiger partial charge in [0.05, 0.1) is 0 Å². The smallest absolute Gasteiger partial charge is 0.224 e. The predicted molar refractivity (Wildman–Crippen MR) is 105 cm³/mol. The maximum atomic E-state index is 12.4. The van der Waals surface area contributed by atoms with Gasteiger partial charge in [0.1, 0.15) is 5.75 Å². The van der Waals surface area contributed by atoms with Gasteiger partial charge in [0.15, 0.2) is 6.61 Å². The number of carbonyl (C=O) groups is 1. The highest BCUT2D eigenvalue weighted by Gasteiger charge is 2.32. The van der Waals surface area contributed by atoms with Gasteiger partial charge in [-0.2, -0.15) is 4.98 Å². The lowest BCUT2D eigenvalue weighted by atomic mass is 9.71. The van der Waals surface area contributed by atoms with E-state index in [1.807, 2.05) is 24.3 Å². The molecular weight excluding hydrogens is 368 g/mol. The Hall–Kier alpha value is -2.12. The number of aromatic nitrogens is 2. The van der Waals surface area contributed by atoms with E-state index in [4.69, 9.17) is 15.0 Å². The number of anilines is 1. The van der Waals surface area contributed by atoms with Crippen LogP contribution in [-0.2, 0) is 11.4 Å². The van der Waals surface area contributed by atoms with Crippen LogP contribution in [-0.4, -0.2) is 22.6 Å². The quantitative estimate of drug-likeness (QED) is 0.743. The number of aryl methyl sites for hydroxylation is 1. The number of hydrogen-bond donors (Lipinski definition) is 2. The minimum absolute atomic E-state index is 0. The summed E-state index contributed by atoms with van der Waals surface area (Å²) in [5, 5.41) is 6.74. The van der Waals surface area contributed by atoms with Crippen LogP contribution in [0.25, 0.3) is 0 Å². The van der Waals surface area contributed by atoms with Crippen LogP contribution < -0.4 is 15.8 Å². The molecule has 3 N–H and O–H groups in total. The molecule has 1 heterocycles. The first-order valence-electron chi connectivity index (χ1n) is 9.11. The van der Waals surface area contributed by atoms with Crippen molar-refractivity contribution in [1.82, 2.24) is 10.1 Å². The molecule has 0 saturated heterocycles. The standard InChI is InChI=1S/C19H26N4O3.ClH/c1-14-21-17(23-26-14)12-25-16-7-5-15(6-8-16)22-18(24)11-19(13-20)9-3-2-4-10-19;/h5-8H,2-4,9-13,20H2,1H3,(H,22,24);1H. The molecule has 27 heavy (non-hydrogen) atoms. The van der Waals surface area contributed by atoms with E-state index in [9.17, 15) is 4.79 Å². The molecule has 1 amide bonds. The first kappa shape index (κ1) is 21.2. The summed E-state index contributed by atoms with van der Waals surface area (Å²) in [5.74, 6) is 1.71. The number of nitrogens with one attached hydrogen (secondary N) is 1. The number of rotatable bonds is 7. The van der Waals surface area contributed by atoms with Gasteiger partial charge in [-0.3, -0.25) is 4.79 Å². The van der Waals surface area contributed by atoms with Crippen LogP contribution in [0.1, 0.15) is 50.2 Å². The topological polar surface area (TPSA) is 103 Å². The van der Waals surface area contributed by atoms with E-state index in [1.165, 1.54) is 6.42 Å². The zero-order valence-electron chi connectivity index (χ0n) is 15.6. The molecule has 1 aromatic heterocycles. The fourth-order valence-corrected chi connectivity index (χ4v) is 3.48. The zero-order chi connectivity index (χ0) is 18.4. The average molecular weight is 395 g/mol. The van der Waals surface area contributed by atoms with Crippen molar-refractivity contribution in [3.8, 4) is 5.75 Å². The molecular formula is C19H27ClN4O3. The molecule has 0 spiro atoms. The van der Waals surface area contributed by atoms with Crippen molar-refractivity contribution < 1.29 is 14.1 Å². The third-order valence-corrected chi connectivity index (χ3v) is 4.96. The number of ether oxygens (including phenoxy) is 1. The number of amides is 1. The Balaban J connectivity index is 0.00000261. The van der Waals surface area contributed by atoms with Crippen molar-refractivity contribution in [1.29, 1.82) is 0 Å². The summed E-state index contributed by atoms with van der Waals surface area (Å²) in [5.41, 5.74) is 6.69. The Bertz CT molecular complexity index is 727. The molecule has 0 aliphatic heterocycles. The van der Waals surface area contributed by atoms with Gasteiger partial charge in [0.2, 0.25) is 17.6 Å². The molecule has 7 nitrogen and oxygen atoms in total. The van der Waals surface area contributed by atoms with Gasteiger partial charge < -0.3 is 20.3 Å². The molecule has 2 aromatic rings. The summed E-state index contributed by atoms with van der Waals surface area (Å²) in [6, 6.07) is 7.26. The number of carbonyl (C=O) groups excluding carboxylic acids is 1. The van der Waals surface area contributed by atoms with Crippen LogP contribution >= 0.6 is 12.4 Å². The lowest BCUT2D eigenvalue weighted by molar-refractivity contribution is -0.118. The second-order valence-electron chi connectivity index (χ2n) is 7.03. The number of hydrogen-bond acceptors (Lipinski definition) is 6. The number of nitrogens with two attached hydrogens (primary N) is 1. The molecule has 0 atom stereocenters. The molecule has 0 unspecified atom stereocenters. The summed E-state index contributed by atoms with van der Waals surface area (Å²) in [6.07, 6.45) is 6.14. The van der Waals surface area contributed by atoms with Crippen LogP contribution in [0.3, 0.4) is 0 Å². The number of nitrogens with zero attached hydrogens (tertiary/aromatic N) is 2. The van der Waals surface area contributed by atoms with E-state index in [1.54, 1.807) is 6.92 Å². The summed E-state index contributed by atoms with van der Waals surface area (Å²) < 4.78 is 10.5. The van der Waals surface area contributed by atoms with E-state index in [2.05, 4.69) is 15.5 Å². The molecule has 0 radical (unpaired) electrons. The number of benzene rings is 1. The highest BCUT2D eigenvalue weighted by Crippen LogP contribution is 2.38. The lowest BCUT2D eigenvalue weighted by Crippen LogP contribution is -2.36. The van der Waals surface area contributed by atoms with Gasteiger partial charge in [-0.1, -0.05) is 24.4 Å². The van der Waals surface area contributed by atoms with Gasteiger partial charge in [0, 0.05) is 19.0 Å². The third kappa shape index (κ3) is 5.94. The Kier molecular flexibility index (Phi) is 7.62. The predicted octanol–water partition coefficient (Wildman–Crippen LogP) is 3.62. The molecule has 1 aromatic carbocycles. The van der Waals surface area contributed by atoms with Crippen molar-refractivity contribution >= 4 is 24.0 Å². The highest BCUT2D eigenvalue weighted by molar-refractivity contribution is 5.91. The lowest BCUT2D eigenvalue weighted by Gasteiger charge is -2.35. The van der Waals surface area contributed by atoms with Crippen molar-refractivity contribution in [2.75, 3.05) is 11.9 Å². The van der Waals surface area contributed by atoms with Crippen molar-refractivity contribution in [2.24, 2.45) is 11.1 Å². The van der Waals surface area contributed by atoms with E-state index in [-0.39, 0.29) is 30.3 Å². The van der Waals surface area contributed by atoms with Crippen LogP contribution in [0.2, 0.25) is 0 Å². The van der Waals surface area contributed by atoms with Gasteiger partial charge in [-0.25, -0.2) is 0 Å². The van der Waals surface area contributed by atoms with Crippen molar-refractivity contribution in [3.63, 3.8) is 0 Å². The van der Waals surface area contributed by atoms with Crippen LogP contribution in [0, 0.1) is 12.3 Å². The van der Waals surface area contributed by atoms with Crippen molar-refractivity contribution in [3.05, 3.63) is 36.0 Å². The van der Waals surface area contributed by atoms with Gasteiger partial charge in [-0.15, -0.1) is 12.4 Å². The monoisotopic (exact) mass is 394 g/mol. The first-order valence-corrected chi connectivity index (χ1v) is 9.11. The van der Waals surface area contributed by atoms with E-state index < -0.39 is 0 Å². The van der Waals surface area contributed by atoms with Gasteiger partial charge >= 0.3 is 0 Å². The van der Waals surface area contributed by atoms with E-state index in [0.29, 0.717) is 30.4 Å². The molecule has 148 valence electrons. The second kappa shape index (κ2) is 9.71. The second-order valence-corrected chi connectivity index (χ2v) is 7.03. The summed E-state index contributed by atoms with van der Waals surface area (Å²) in [7, 11) is 0. The summed E-state index contributed by atoms with van der Waals surface area (Å²) in [4.78, 5) is 16.5. The third-order valence-electron chi connectivity index (χ3n) is 4.96. The highest BCUT2D eigenvalue weighted by atomic mass is 35.5. The maximum absolute atomic E-state index is 12.4. The van der Waals surface area contributed by atoms with E-state index >= 15 is 0 Å². The Morgan fingerprint density at radius 1 is 1.26 bits per heavy atom.